The van der Waals surface area contributed by atoms with Crippen LogP contribution in [0, 0.1) is 10.8 Å². The largest absolute Gasteiger partial charge is 0.480 e. The van der Waals surface area contributed by atoms with E-state index in [4.69, 9.17) is 27.4 Å². The van der Waals surface area contributed by atoms with Gasteiger partial charge in [0.1, 0.15) is 6.04 Å². The predicted octanol–water partition coefficient (Wildman–Crippen LogP) is -0.229. The first-order valence-corrected chi connectivity index (χ1v) is 5.17. The Balaban J connectivity index is 2.99. The molecule has 0 heterocycles. The minimum atomic E-state index is -1.19. The maximum absolute atomic E-state index is 11.2. The minimum Gasteiger partial charge on any atom is -0.480 e. The summed E-state index contributed by atoms with van der Waals surface area (Å²) in [6.07, 6.45) is 0.106. The van der Waals surface area contributed by atoms with Gasteiger partial charge in [0, 0.05) is 6.42 Å². The number of nitrogens with two attached hydrogens (primary N) is 2. The van der Waals surface area contributed by atoms with E-state index < -0.39 is 23.9 Å². The fourth-order valence-corrected chi connectivity index (χ4v) is 1.59. The highest BCUT2D eigenvalue weighted by Crippen LogP contribution is 2.09. The lowest BCUT2D eigenvalue weighted by atomic mass is 10.1. The molecule has 0 saturated heterocycles. The van der Waals surface area contributed by atoms with Crippen molar-refractivity contribution in [3.63, 3.8) is 0 Å². The molecule has 0 unspecified atom stereocenters. The van der Waals surface area contributed by atoms with Crippen molar-refractivity contribution < 1.29 is 9.90 Å². The highest BCUT2D eigenvalue weighted by molar-refractivity contribution is 5.98. The van der Waals surface area contributed by atoms with Gasteiger partial charge in [-0.25, -0.2) is 4.79 Å². The summed E-state index contributed by atoms with van der Waals surface area (Å²) < 4.78 is 0. The van der Waals surface area contributed by atoms with Crippen molar-refractivity contribution >= 4 is 17.9 Å². The van der Waals surface area contributed by atoms with E-state index in [9.17, 15) is 4.79 Å². The standard InChI is InChI=1S/C11H15N5O2/c12-10(13)16(11(14)15)8(9(17)18)6-7-4-2-1-3-5-7/h1-5,8H,6H2,(H3,12,13)(H3,14,15)(H,17,18)/t8-/m0/s1. The summed E-state index contributed by atoms with van der Waals surface area (Å²) in [4.78, 5) is 12.0. The molecule has 0 aliphatic carbocycles. The number of hydrogen-bond donors (Lipinski definition) is 5. The van der Waals surface area contributed by atoms with E-state index in [2.05, 4.69) is 0 Å². The number of hydrogen-bond acceptors (Lipinski definition) is 3. The Morgan fingerprint density at radius 3 is 2.11 bits per heavy atom. The molecule has 0 bridgehead atoms. The minimum absolute atomic E-state index is 0.106. The van der Waals surface area contributed by atoms with Crippen LogP contribution in [0.3, 0.4) is 0 Å². The second-order valence-corrected chi connectivity index (χ2v) is 3.68. The van der Waals surface area contributed by atoms with Gasteiger partial charge in [0.05, 0.1) is 0 Å². The number of guanidine groups is 2. The SMILES string of the molecule is N=C(N)N(C(=N)N)[C@@H](Cc1ccccc1)C(=O)O. The molecule has 0 radical (unpaired) electrons. The number of benzene rings is 1. The third kappa shape index (κ3) is 3.21. The Morgan fingerprint density at radius 1 is 1.22 bits per heavy atom. The van der Waals surface area contributed by atoms with Crippen LogP contribution in [-0.4, -0.2) is 33.9 Å². The van der Waals surface area contributed by atoms with E-state index >= 15 is 0 Å². The maximum Gasteiger partial charge on any atom is 0.327 e. The summed E-state index contributed by atoms with van der Waals surface area (Å²) >= 11 is 0. The van der Waals surface area contributed by atoms with Crippen LogP contribution in [0.15, 0.2) is 30.3 Å². The molecule has 0 fully saturated rings. The van der Waals surface area contributed by atoms with Gasteiger partial charge in [-0.2, -0.15) is 0 Å². The van der Waals surface area contributed by atoms with Gasteiger partial charge in [0.25, 0.3) is 0 Å². The van der Waals surface area contributed by atoms with Gasteiger partial charge >= 0.3 is 5.97 Å². The van der Waals surface area contributed by atoms with Crippen LogP contribution in [0.5, 0.6) is 0 Å². The van der Waals surface area contributed by atoms with Gasteiger partial charge < -0.3 is 16.6 Å². The van der Waals surface area contributed by atoms with Crippen LogP contribution in [-0.2, 0) is 11.2 Å². The molecule has 96 valence electrons. The summed E-state index contributed by atoms with van der Waals surface area (Å²) in [6, 6.07) is 7.72. The molecule has 0 spiro atoms. The van der Waals surface area contributed by atoms with E-state index in [0.717, 1.165) is 10.5 Å². The molecule has 0 aliphatic heterocycles. The normalized spacial score (nSPS) is 11.6. The van der Waals surface area contributed by atoms with Crippen molar-refractivity contribution in [3.05, 3.63) is 35.9 Å². The molecule has 1 atom stereocenters. The Kier molecular flexibility index (Phi) is 4.25. The third-order valence-electron chi connectivity index (χ3n) is 2.39. The lowest BCUT2D eigenvalue weighted by Gasteiger charge is -2.27. The molecule has 0 aliphatic rings. The van der Waals surface area contributed by atoms with E-state index in [-0.39, 0.29) is 6.42 Å². The summed E-state index contributed by atoms with van der Waals surface area (Å²) in [5, 5.41) is 23.7. The summed E-state index contributed by atoms with van der Waals surface area (Å²) in [7, 11) is 0. The Labute approximate surface area is 104 Å². The lowest BCUT2D eigenvalue weighted by Crippen LogP contribution is -2.54. The van der Waals surface area contributed by atoms with Crippen molar-refractivity contribution in [1.82, 2.24) is 4.90 Å². The number of aliphatic carboxylic acids is 1. The second-order valence-electron chi connectivity index (χ2n) is 3.68. The highest BCUT2D eigenvalue weighted by Gasteiger charge is 2.29. The average molecular weight is 249 g/mol. The van der Waals surface area contributed by atoms with Crippen molar-refractivity contribution in [1.29, 1.82) is 10.8 Å². The summed E-state index contributed by atoms with van der Waals surface area (Å²) in [6.45, 7) is 0. The van der Waals surface area contributed by atoms with Gasteiger partial charge in [0.15, 0.2) is 11.9 Å². The fourth-order valence-electron chi connectivity index (χ4n) is 1.59. The zero-order chi connectivity index (χ0) is 13.7. The molecule has 0 aromatic heterocycles. The zero-order valence-electron chi connectivity index (χ0n) is 9.63. The number of carboxylic acids is 1. The van der Waals surface area contributed by atoms with Crippen LogP contribution >= 0.6 is 0 Å². The molecule has 7 nitrogen and oxygen atoms in total. The van der Waals surface area contributed by atoms with Crippen LogP contribution in [0.1, 0.15) is 5.56 Å². The monoisotopic (exact) mass is 249 g/mol. The molecule has 1 aromatic carbocycles. The first kappa shape index (κ1) is 13.5. The fraction of sp³-hybridized carbons (Fsp3) is 0.182. The van der Waals surface area contributed by atoms with Gasteiger partial charge in [0.2, 0.25) is 0 Å². The van der Waals surface area contributed by atoms with Gasteiger partial charge in [-0.1, -0.05) is 30.3 Å². The van der Waals surface area contributed by atoms with Crippen molar-refractivity contribution in [3.8, 4) is 0 Å². The molecule has 1 aromatic rings. The predicted molar refractivity (Wildman–Crippen MR) is 67.2 cm³/mol. The lowest BCUT2D eigenvalue weighted by molar-refractivity contribution is -0.140. The quantitative estimate of drug-likeness (QED) is 0.370. The maximum atomic E-state index is 11.2. The van der Waals surface area contributed by atoms with E-state index in [1.165, 1.54) is 0 Å². The Hall–Kier alpha value is -2.57. The van der Waals surface area contributed by atoms with E-state index in [0.29, 0.717) is 0 Å². The molecular formula is C11H15N5O2. The molecule has 18 heavy (non-hydrogen) atoms. The number of rotatable bonds is 4. The smallest absolute Gasteiger partial charge is 0.327 e. The first-order chi connectivity index (χ1) is 8.43. The van der Waals surface area contributed by atoms with Crippen molar-refractivity contribution in [2.75, 3.05) is 0 Å². The summed E-state index contributed by atoms with van der Waals surface area (Å²) in [5.74, 6) is -2.32. The second kappa shape index (κ2) is 5.67. The van der Waals surface area contributed by atoms with Crippen LogP contribution in [0.25, 0.3) is 0 Å². The molecule has 0 saturated carbocycles. The third-order valence-corrected chi connectivity index (χ3v) is 2.39. The Bertz CT molecular complexity index is 446. The number of nitrogens with one attached hydrogen (secondary N) is 2. The van der Waals surface area contributed by atoms with Gasteiger partial charge in [-0.05, 0) is 5.56 Å². The topological polar surface area (TPSA) is 140 Å². The average Bonchev–Trinajstić information content (AvgIpc) is 2.28. The van der Waals surface area contributed by atoms with E-state index in [1.54, 1.807) is 24.3 Å². The molecule has 0 amide bonds. The van der Waals surface area contributed by atoms with Crippen molar-refractivity contribution in [2.45, 2.75) is 12.5 Å². The van der Waals surface area contributed by atoms with Crippen molar-refractivity contribution in [2.24, 2.45) is 11.5 Å². The van der Waals surface area contributed by atoms with Crippen LogP contribution in [0.2, 0.25) is 0 Å². The molecule has 1 rings (SSSR count). The van der Waals surface area contributed by atoms with Crippen LogP contribution < -0.4 is 11.5 Å². The zero-order valence-corrected chi connectivity index (χ0v) is 9.63. The first-order valence-electron chi connectivity index (χ1n) is 5.17. The van der Waals surface area contributed by atoms with Crippen LogP contribution in [0.4, 0.5) is 0 Å². The molecule has 7 heteroatoms. The number of nitrogens with zero attached hydrogens (tertiary/aromatic N) is 1. The van der Waals surface area contributed by atoms with Gasteiger partial charge in [-0.3, -0.25) is 15.7 Å². The highest BCUT2D eigenvalue weighted by atomic mass is 16.4. The Morgan fingerprint density at radius 2 is 1.72 bits per heavy atom. The summed E-state index contributed by atoms with van der Waals surface area (Å²) in [5.41, 5.74) is 11.3. The number of carboxylic acid groups (broad SMARTS) is 1. The van der Waals surface area contributed by atoms with E-state index in [1.807, 2.05) is 6.07 Å². The van der Waals surface area contributed by atoms with Gasteiger partial charge in [-0.15, -0.1) is 0 Å². The molecular weight excluding hydrogens is 234 g/mol. The molecule has 7 N–H and O–H groups in total. The number of carbonyl (C=O) groups is 1.